The number of thioether (sulfide) groups is 2. The van der Waals surface area contributed by atoms with Crippen LogP contribution in [0, 0.1) is 0 Å². The van der Waals surface area contributed by atoms with Crippen LogP contribution < -0.4 is 16.0 Å². The van der Waals surface area contributed by atoms with Crippen LogP contribution >= 0.6 is 23.5 Å². The number of carbonyl (C=O) groups is 2. The van der Waals surface area contributed by atoms with E-state index in [1.54, 1.807) is 11.8 Å². The van der Waals surface area contributed by atoms with Crippen molar-refractivity contribution in [3.63, 3.8) is 0 Å². The van der Waals surface area contributed by atoms with Gasteiger partial charge in [-0.05, 0) is 68.7 Å². The summed E-state index contributed by atoms with van der Waals surface area (Å²) in [7, 11) is 1.42. The Labute approximate surface area is 199 Å². The van der Waals surface area contributed by atoms with Gasteiger partial charge in [0.2, 0.25) is 0 Å². The number of allylic oxidation sites excluding steroid dienone is 1. The van der Waals surface area contributed by atoms with Crippen molar-refractivity contribution in [2.45, 2.75) is 57.1 Å². The molecular weight excluding hydrogens is 446 g/mol. The monoisotopic (exact) mass is 481 g/mol. The number of hydrogen-bond donors (Lipinski definition) is 3. The molecule has 0 aliphatic carbocycles. The lowest BCUT2D eigenvalue weighted by Gasteiger charge is -2.19. The molecular formula is C23H35N3O4S2. The number of ether oxygens (including phenoxy) is 2. The van der Waals surface area contributed by atoms with Gasteiger partial charge < -0.3 is 25.4 Å². The molecule has 0 saturated carbocycles. The first-order valence-electron chi connectivity index (χ1n) is 10.7. The summed E-state index contributed by atoms with van der Waals surface area (Å²) in [6, 6.07) is 7.74. The second kappa shape index (κ2) is 13.0. The Bertz CT molecular complexity index is 796. The molecule has 1 heterocycles. The number of rotatable bonds is 10. The average Bonchev–Trinajstić information content (AvgIpc) is 3.17. The highest BCUT2D eigenvalue weighted by atomic mass is 32.2. The fourth-order valence-corrected chi connectivity index (χ4v) is 4.57. The third kappa shape index (κ3) is 9.75. The summed E-state index contributed by atoms with van der Waals surface area (Å²) in [4.78, 5) is 24.0. The third-order valence-electron chi connectivity index (χ3n) is 4.65. The lowest BCUT2D eigenvalue weighted by molar-refractivity contribution is -0.143. The first-order chi connectivity index (χ1) is 15.2. The summed E-state index contributed by atoms with van der Waals surface area (Å²) in [6.45, 7) is 6.92. The van der Waals surface area contributed by atoms with Gasteiger partial charge in [0.05, 0.1) is 7.11 Å². The van der Waals surface area contributed by atoms with Crippen LogP contribution in [-0.2, 0) is 20.8 Å². The van der Waals surface area contributed by atoms with E-state index < -0.39 is 5.60 Å². The summed E-state index contributed by atoms with van der Waals surface area (Å²) < 4.78 is 10.3. The highest BCUT2D eigenvalue weighted by Crippen LogP contribution is 2.26. The van der Waals surface area contributed by atoms with Gasteiger partial charge in [-0.15, -0.1) is 0 Å². The summed E-state index contributed by atoms with van der Waals surface area (Å²) in [5.74, 6) is 0.659. The zero-order valence-corrected chi connectivity index (χ0v) is 21.2. The smallest absolute Gasteiger partial charge is 0.368 e. The van der Waals surface area contributed by atoms with Gasteiger partial charge in [-0.3, -0.25) is 4.79 Å². The van der Waals surface area contributed by atoms with Crippen LogP contribution in [0.1, 0.15) is 39.2 Å². The van der Waals surface area contributed by atoms with E-state index in [4.69, 9.17) is 9.47 Å². The molecule has 7 nitrogen and oxygen atoms in total. The van der Waals surface area contributed by atoms with Crippen molar-refractivity contribution in [3.8, 4) is 0 Å². The lowest BCUT2D eigenvalue weighted by atomic mass is 10.1. The Morgan fingerprint density at radius 2 is 2.12 bits per heavy atom. The maximum Gasteiger partial charge on any atom is 0.368 e. The minimum atomic E-state index is -0.470. The molecule has 1 aliphatic heterocycles. The molecule has 0 spiro atoms. The standard InChI is InChI=1S/C23H35N3O4S2/c1-23(2,3)30-22(28)32-19-12-18(25-15-19)14-24-17-8-6-7-16(11-17)13-26-20(9-10-31-5)21(27)29-4/h6-8,11,14,19-20,24-26H,9-10,12-13,15H2,1-5H3/b18-14+/t19-,20?/m0/s1. The molecule has 0 radical (unpaired) electrons. The van der Waals surface area contributed by atoms with Crippen molar-refractivity contribution < 1.29 is 19.1 Å². The fourth-order valence-electron chi connectivity index (χ4n) is 3.10. The molecule has 0 bridgehead atoms. The zero-order valence-electron chi connectivity index (χ0n) is 19.5. The Kier molecular flexibility index (Phi) is 10.7. The van der Waals surface area contributed by atoms with E-state index >= 15 is 0 Å². The second-order valence-corrected chi connectivity index (χ2v) is 10.8. The Balaban J connectivity index is 1.85. The van der Waals surface area contributed by atoms with E-state index in [9.17, 15) is 9.59 Å². The van der Waals surface area contributed by atoms with Crippen LogP contribution in [0.3, 0.4) is 0 Å². The first-order valence-corrected chi connectivity index (χ1v) is 13.0. The van der Waals surface area contributed by atoms with Crippen molar-refractivity contribution in [2.24, 2.45) is 0 Å². The minimum Gasteiger partial charge on any atom is -0.468 e. The van der Waals surface area contributed by atoms with Crippen LogP contribution in [0.4, 0.5) is 10.5 Å². The Morgan fingerprint density at radius 1 is 1.34 bits per heavy atom. The van der Waals surface area contributed by atoms with Crippen LogP contribution in [0.5, 0.6) is 0 Å². The highest BCUT2D eigenvalue weighted by molar-refractivity contribution is 8.13. The molecule has 2 atom stereocenters. The van der Waals surface area contributed by atoms with Gasteiger partial charge in [0.15, 0.2) is 0 Å². The van der Waals surface area contributed by atoms with Gasteiger partial charge >= 0.3 is 11.3 Å². The van der Waals surface area contributed by atoms with Crippen molar-refractivity contribution in [2.75, 3.05) is 31.0 Å². The van der Waals surface area contributed by atoms with Crippen molar-refractivity contribution in [3.05, 3.63) is 41.7 Å². The van der Waals surface area contributed by atoms with Gasteiger partial charge in [0.25, 0.3) is 0 Å². The molecule has 3 N–H and O–H groups in total. The number of methoxy groups -OCH3 is 1. The predicted octanol–water partition coefficient (Wildman–Crippen LogP) is 4.35. The highest BCUT2D eigenvalue weighted by Gasteiger charge is 2.25. The van der Waals surface area contributed by atoms with Crippen molar-refractivity contribution in [1.82, 2.24) is 10.6 Å². The van der Waals surface area contributed by atoms with Crippen LogP contribution in [0.25, 0.3) is 0 Å². The third-order valence-corrected chi connectivity index (χ3v) is 6.23. The van der Waals surface area contributed by atoms with Gasteiger partial charge in [0.1, 0.15) is 11.6 Å². The summed E-state index contributed by atoms with van der Waals surface area (Å²) in [6.07, 6.45) is 5.47. The van der Waals surface area contributed by atoms with Crippen LogP contribution in [0.2, 0.25) is 0 Å². The second-order valence-electron chi connectivity index (χ2n) is 8.54. The number of esters is 1. The normalized spacial score (nSPS) is 18.2. The molecule has 0 aromatic heterocycles. The molecule has 2 rings (SSSR count). The maximum atomic E-state index is 12.0. The topological polar surface area (TPSA) is 88.7 Å². The number of benzene rings is 1. The predicted molar refractivity (Wildman–Crippen MR) is 134 cm³/mol. The van der Waals surface area contributed by atoms with Crippen LogP contribution in [-0.4, -0.2) is 53.8 Å². The summed E-state index contributed by atoms with van der Waals surface area (Å²) in [5, 5.41) is 9.88. The molecule has 9 heteroatoms. The Morgan fingerprint density at radius 3 is 2.81 bits per heavy atom. The van der Waals surface area contributed by atoms with Gasteiger partial charge in [-0.25, -0.2) is 4.79 Å². The molecule has 0 amide bonds. The lowest BCUT2D eigenvalue weighted by Crippen LogP contribution is -2.37. The molecule has 1 aromatic carbocycles. The SMILES string of the molecule is COC(=O)C(CCSC)NCc1cccc(N/C=C2\C[C@H](SC(=O)OC(C)(C)C)CN2)c1. The minimum absolute atomic E-state index is 0.157. The first kappa shape index (κ1) is 26.4. The van der Waals surface area contributed by atoms with E-state index in [0.29, 0.717) is 6.54 Å². The molecule has 1 aliphatic rings. The molecule has 1 saturated heterocycles. The summed E-state index contributed by atoms with van der Waals surface area (Å²) in [5.41, 5.74) is 2.62. The largest absolute Gasteiger partial charge is 0.468 e. The number of carbonyl (C=O) groups excluding carboxylic acids is 2. The summed E-state index contributed by atoms with van der Waals surface area (Å²) >= 11 is 2.95. The fraction of sp³-hybridized carbons (Fsp3) is 0.565. The van der Waals surface area contributed by atoms with E-state index in [1.165, 1.54) is 18.9 Å². The number of nitrogens with one attached hydrogen (secondary N) is 3. The number of anilines is 1. The van der Waals surface area contributed by atoms with Crippen LogP contribution in [0.15, 0.2) is 36.2 Å². The molecule has 1 unspecified atom stereocenters. The average molecular weight is 482 g/mol. The maximum absolute atomic E-state index is 12.0. The molecule has 32 heavy (non-hydrogen) atoms. The van der Waals surface area contributed by atoms with E-state index in [-0.39, 0.29) is 22.6 Å². The molecule has 178 valence electrons. The zero-order chi connectivity index (χ0) is 23.6. The van der Waals surface area contributed by atoms with Crippen molar-refractivity contribution >= 4 is 40.5 Å². The molecule has 1 aromatic rings. The van der Waals surface area contributed by atoms with Gasteiger partial charge in [0, 0.05) is 42.3 Å². The van der Waals surface area contributed by atoms with E-state index in [1.807, 2.05) is 51.4 Å². The number of hydrogen-bond acceptors (Lipinski definition) is 9. The van der Waals surface area contributed by atoms with E-state index in [2.05, 4.69) is 22.0 Å². The quantitative estimate of drug-likeness (QED) is 0.422. The van der Waals surface area contributed by atoms with Crippen molar-refractivity contribution in [1.29, 1.82) is 0 Å². The Hall–Kier alpha value is -1.84. The van der Waals surface area contributed by atoms with Gasteiger partial charge in [-0.1, -0.05) is 12.1 Å². The molecule has 1 fully saturated rings. The van der Waals surface area contributed by atoms with Gasteiger partial charge in [-0.2, -0.15) is 11.8 Å². The van der Waals surface area contributed by atoms with E-state index in [0.717, 1.165) is 42.1 Å².